The van der Waals surface area contributed by atoms with Gasteiger partial charge < -0.3 is 30.0 Å². The van der Waals surface area contributed by atoms with E-state index in [2.05, 4.69) is 5.32 Å². The van der Waals surface area contributed by atoms with Gasteiger partial charge in [0.05, 0.1) is 24.0 Å². The van der Waals surface area contributed by atoms with Crippen LogP contribution in [-0.2, 0) is 33.3 Å². The number of fused-ring (bicyclic) bond motifs is 2. The Labute approximate surface area is 236 Å². The summed E-state index contributed by atoms with van der Waals surface area (Å²) in [7, 11) is 4.64. The summed E-state index contributed by atoms with van der Waals surface area (Å²) in [5, 5.41) is 2.56. The summed E-state index contributed by atoms with van der Waals surface area (Å²) < 4.78 is 22.9. The normalized spacial score (nSPS) is 34.4. The Kier molecular flexibility index (Phi) is 12.2. The van der Waals surface area contributed by atoms with Gasteiger partial charge in [0.25, 0.3) is 5.91 Å². The van der Waals surface area contributed by atoms with Gasteiger partial charge in [-0.1, -0.05) is 45.1 Å². The number of allylic oxidation sites excluding steroid dienone is 5. The van der Waals surface area contributed by atoms with Crippen LogP contribution in [0.2, 0.25) is 0 Å². The minimum absolute atomic E-state index is 0.119. The molecule has 10 heteroatoms. The van der Waals surface area contributed by atoms with Crippen molar-refractivity contribution in [2.75, 3.05) is 21.3 Å². The van der Waals surface area contributed by atoms with Crippen LogP contribution in [0.25, 0.3) is 0 Å². The summed E-state index contributed by atoms with van der Waals surface area (Å²) in [4.78, 5) is 50.5. The van der Waals surface area contributed by atoms with Crippen molar-refractivity contribution in [3.63, 3.8) is 0 Å². The first-order valence-electron chi connectivity index (χ1n) is 13.3. The summed E-state index contributed by atoms with van der Waals surface area (Å²) >= 11 is 0. The van der Waals surface area contributed by atoms with Gasteiger partial charge in [-0.2, -0.15) is 0 Å². The van der Waals surface area contributed by atoms with E-state index in [4.69, 9.17) is 24.7 Å². The summed E-state index contributed by atoms with van der Waals surface area (Å²) in [6.45, 7) is 9.17. The Balaban J connectivity index is 2.62. The third-order valence-corrected chi connectivity index (χ3v) is 7.29. The Bertz CT molecular complexity index is 1130. The highest BCUT2D eigenvalue weighted by Gasteiger charge is 2.36. The number of rotatable bonds is 4. The third-order valence-electron chi connectivity index (χ3n) is 7.29. The second-order valence-corrected chi connectivity index (χ2v) is 10.4. The molecule has 3 N–H and O–H groups in total. The maximum Gasteiger partial charge on any atom is 0.405 e. The maximum absolute atomic E-state index is 13.4. The number of hydrogen-bond donors (Lipinski definition) is 2. The van der Waals surface area contributed by atoms with Crippen LogP contribution in [0.3, 0.4) is 0 Å². The van der Waals surface area contributed by atoms with Crippen LogP contribution in [0.15, 0.2) is 58.9 Å². The van der Waals surface area contributed by atoms with Gasteiger partial charge in [-0.25, -0.2) is 4.79 Å². The van der Waals surface area contributed by atoms with Crippen LogP contribution in [0.1, 0.15) is 41.0 Å². The molecule has 220 valence electrons. The molecule has 2 rings (SSSR count). The fourth-order valence-electron chi connectivity index (χ4n) is 5.27. The second kappa shape index (κ2) is 14.9. The lowest BCUT2D eigenvalue weighted by Crippen LogP contribution is -2.40. The maximum atomic E-state index is 13.4. The molecule has 7 atom stereocenters. The zero-order valence-electron chi connectivity index (χ0n) is 24.6. The van der Waals surface area contributed by atoms with Gasteiger partial charge in [-0.15, -0.1) is 0 Å². The van der Waals surface area contributed by atoms with Crippen LogP contribution in [0.4, 0.5) is 4.79 Å². The van der Waals surface area contributed by atoms with Crippen LogP contribution >= 0.6 is 0 Å². The number of nitrogens with two attached hydrogens (primary N) is 1. The summed E-state index contributed by atoms with van der Waals surface area (Å²) in [5.41, 5.74) is 6.49. The van der Waals surface area contributed by atoms with Gasteiger partial charge in [-0.3, -0.25) is 14.4 Å². The van der Waals surface area contributed by atoms with Gasteiger partial charge >= 0.3 is 6.09 Å². The van der Waals surface area contributed by atoms with E-state index in [9.17, 15) is 19.2 Å². The van der Waals surface area contributed by atoms with Gasteiger partial charge in [-0.05, 0) is 37.8 Å². The Morgan fingerprint density at radius 3 is 2.20 bits per heavy atom. The van der Waals surface area contributed by atoms with Crippen molar-refractivity contribution in [1.82, 2.24) is 5.32 Å². The number of methoxy groups -OCH3 is 3. The van der Waals surface area contributed by atoms with Crippen LogP contribution in [0.5, 0.6) is 0 Å². The average Bonchev–Trinajstić information content (AvgIpc) is 2.88. The van der Waals surface area contributed by atoms with Crippen molar-refractivity contribution < 1.29 is 38.1 Å². The lowest BCUT2D eigenvalue weighted by atomic mass is 9.83. The zero-order chi connectivity index (χ0) is 30.1. The SMILES string of the molecule is CO[C@@H]1[C@@H](OC)C[C@H](C)[C@@H](OC)C2=CC(=O)C=C(NC(=O)/C(C)=C\C=C/[C@H](C)[C@@H](OC(N)=O)/C(C)=C\[C@@H]1C)C2=O. The van der Waals surface area contributed by atoms with E-state index >= 15 is 0 Å². The Hall–Kier alpha value is -3.34. The van der Waals surface area contributed by atoms with E-state index in [1.165, 1.54) is 13.2 Å². The van der Waals surface area contributed by atoms with Gasteiger partial charge in [0.15, 0.2) is 5.78 Å². The van der Waals surface area contributed by atoms with E-state index in [1.807, 2.05) is 33.8 Å². The number of ketones is 2. The molecule has 2 amide bonds. The first-order valence-corrected chi connectivity index (χ1v) is 13.3. The predicted octanol–water partition coefficient (Wildman–Crippen LogP) is 3.33. The minimum atomic E-state index is -0.902. The quantitative estimate of drug-likeness (QED) is 0.395. The number of nitrogens with one attached hydrogen (secondary N) is 1. The predicted molar refractivity (Wildman–Crippen MR) is 150 cm³/mol. The average molecular weight is 559 g/mol. The largest absolute Gasteiger partial charge is 0.441 e. The molecule has 2 bridgehead atoms. The van der Waals surface area contributed by atoms with E-state index in [0.717, 1.165) is 11.6 Å². The molecule has 0 aromatic rings. The molecule has 0 radical (unpaired) electrons. The molecule has 0 aromatic carbocycles. The number of primary amides is 1. The molecular formula is C30H42N2O8. The molecular weight excluding hydrogens is 516 g/mol. The van der Waals surface area contributed by atoms with Crippen LogP contribution < -0.4 is 11.1 Å². The number of carbonyl (C=O) groups is 4. The molecule has 1 aliphatic carbocycles. The van der Waals surface area contributed by atoms with Crippen molar-refractivity contribution in [1.29, 1.82) is 0 Å². The van der Waals surface area contributed by atoms with Crippen molar-refractivity contribution in [3.05, 3.63) is 58.9 Å². The molecule has 2 aliphatic rings. The van der Waals surface area contributed by atoms with Gasteiger partial charge in [0.1, 0.15) is 6.10 Å². The fourth-order valence-corrected chi connectivity index (χ4v) is 5.27. The van der Waals surface area contributed by atoms with Crippen molar-refractivity contribution in [2.45, 2.75) is 65.5 Å². The summed E-state index contributed by atoms with van der Waals surface area (Å²) in [6, 6.07) is 0. The minimum Gasteiger partial charge on any atom is -0.441 e. The highest BCUT2D eigenvalue weighted by Crippen LogP contribution is 2.30. The topological polar surface area (TPSA) is 143 Å². The Morgan fingerprint density at radius 2 is 1.62 bits per heavy atom. The first-order chi connectivity index (χ1) is 18.8. The number of carbonyl (C=O) groups excluding carboxylic acids is 4. The second-order valence-electron chi connectivity index (χ2n) is 10.4. The van der Waals surface area contributed by atoms with E-state index in [1.54, 1.807) is 39.4 Å². The van der Waals surface area contributed by atoms with Gasteiger partial charge in [0, 0.05) is 50.4 Å². The van der Waals surface area contributed by atoms with Crippen molar-refractivity contribution in [3.8, 4) is 0 Å². The Morgan fingerprint density at radius 1 is 0.950 bits per heavy atom. The molecule has 0 fully saturated rings. The molecule has 0 saturated heterocycles. The summed E-state index contributed by atoms with van der Waals surface area (Å²) in [5.74, 6) is -2.19. The smallest absolute Gasteiger partial charge is 0.405 e. The monoisotopic (exact) mass is 558 g/mol. The van der Waals surface area contributed by atoms with Crippen LogP contribution in [-0.4, -0.2) is 69.3 Å². The van der Waals surface area contributed by atoms with E-state index in [-0.39, 0.29) is 29.0 Å². The lowest BCUT2D eigenvalue weighted by Gasteiger charge is -2.34. The highest BCUT2D eigenvalue weighted by molar-refractivity contribution is 6.22. The molecule has 40 heavy (non-hydrogen) atoms. The summed E-state index contributed by atoms with van der Waals surface area (Å²) in [6.07, 6.45) is 6.65. The van der Waals surface area contributed by atoms with Crippen LogP contribution in [0, 0.1) is 17.8 Å². The molecule has 0 spiro atoms. The lowest BCUT2D eigenvalue weighted by molar-refractivity contribution is -0.120. The number of Topliss-reactive ketones (excluding diaryl/α,β-unsaturated/α-hetero) is 1. The van der Waals surface area contributed by atoms with E-state index in [0.29, 0.717) is 12.0 Å². The third kappa shape index (κ3) is 8.33. The molecule has 0 aromatic heterocycles. The highest BCUT2D eigenvalue weighted by atomic mass is 16.6. The van der Waals surface area contributed by atoms with Crippen molar-refractivity contribution in [2.24, 2.45) is 23.5 Å². The zero-order valence-corrected chi connectivity index (χ0v) is 24.6. The number of ether oxygens (including phenoxy) is 4. The molecule has 10 nitrogen and oxygen atoms in total. The molecule has 0 unspecified atom stereocenters. The number of amides is 2. The number of hydrogen-bond acceptors (Lipinski definition) is 8. The standard InChI is InChI=1S/C30H42N2O8/c1-16-10-9-11-17(2)29(35)32-23-15-21(33)14-22(25(23)34)27(38-7)20(5)13-24(37-6)28(39-8)19(4)12-18(3)26(16)40-30(31)36/h9-12,14-16,19-20,24,26-28H,13H2,1-8H3,(H2,31,36)(H,32,35)/b10-9-,17-11-,18-12-/t16-,19-,20-,24-,26+,27+,28-/m0/s1. The van der Waals surface area contributed by atoms with Crippen molar-refractivity contribution >= 4 is 23.6 Å². The first kappa shape index (κ1) is 32.9. The molecule has 0 saturated carbocycles. The fraction of sp³-hybridized carbons (Fsp3) is 0.533. The molecule has 1 heterocycles. The van der Waals surface area contributed by atoms with Gasteiger partial charge in [0.2, 0.25) is 5.78 Å². The van der Waals surface area contributed by atoms with E-state index < -0.39 is 48.0 Å². The molecule has 1 aliphatic heterocycles.